The summed E-state index contributed by atoms with van der Waals surface area (Å²) in [5, 5.41) is 8.46. The van der Waals surface area contributed by atoms with Crippen molar-refractivity contribution in [2.24, 2.45) is 0 Å². The van der Waals surface area contributed by atoms with E-state index in [2.05, 4.69) is 25.0 Å². The van der Waals surface area contributed by atoms with Crippen molar-refractivity contribution in [1.29, 1.82) is 0 Å². The van der Waals surface area contributed by atoms with E-state index in [-0.39, 0.29) is 45.1 Å². The molecule has 2 aromatic carbocycles. The number of thioether (sulfide) groups is 1. The fourth-order valence-corrected chi connectivity index (χ4v) is 8.59. The second kappa shape index (κ2) is 13.0. The first-order valence-electron chi connectivity index (χ1n) is 17.4. The van der Waals surface area contributed by atoms with Crippen LogP contribution in [0.25, 0.3) is 50.5 Å². The largest absolute Gasteiger partial charge is 0.416 e. The Balaban J connectivity index is 1.16. The van der Waals surface area contributed by atoms with E-state index in [0.29, 0.717) is 55.4 Å². The maximum atomic E-state index is 15.9. The van der Waals surface area contributed by atoms with E-state index in [0.717, 1.165) is 37.1 Å². The number of benzene rings is 2. The van der Waals surface area contributed by atoms with Crippen LogP contribution in [0.1, 0.15) is 0 Å². The van der Waals surface area contributed by atoms with Crippen LogP contribution in [0.5, 0.6) is 0 Å². The summed E-state index contributed by atoms with van der Waals surface area (Å²) < 4.78 is 55.2. The molecule has 2 fully saturated rings. The van der Waals surface area contributed by atoms with Crippen LogP contribution < -0.4 is 20.7 Å². The quantitative estimate of drug-likeness (QED) is 0.250. The van der Waals surface area contributed by atoms with E-state index in [1.807, 2.05) is 28.5 Å². The van der Waals surface area contributed by atoms with E-state index in [1.54, 1.807) is 22.5 Å². The van der Waals surface area contributed by atoms with Crippen LogP contribution in [0.3, 0.4) is 0 Å². The smallest absolute Gasteiger partial charge is 0.253 e. The van der Waals surface area contributed by atoms with Gasteiger partial charge in [0.15, 0.2) is 17.3 Å². The molecule has 0 radical (unpaired) electrons. The van der Waals surface area contributed by atoms with Crippen molar-refractivity contribution in [3.63, 3.8) is 0 Å². The van der Waals surface area contributed by atoms with Gasteiger partial charge in [-0.2, -0.15) is 0 Å². The molecular weight excluding hydrogens is 708 g/mol. The molecule has 4 aromatic heterocycles. The van der Waals surface area contributed by atoms with Gasteiger partial charge in [-0.25, -0.2) is 18.2 Å². The molecule has 3 aliphatic heterocycles. The molecule has 0 atom stereocenters. The second-order valence-corrected chi connectivity index (χ2v) is 14.8. The van der Waals surface area contributed by atoms with Crippen molar-refractivity contribution < 1.29 is 17.6 Å². The third-order valence-corrected chi connectivity index (χ3v) is 11.4. The number of aryl methyl sites for hydroxylation is 1. The third kappa shape index (κ3) is 5.75. The summed E-state index contributed by atoms with van der Waals surface area (Å²) in [6, 6.07) is 8.03. The zero-order valence-corrected chi connectivity index (χ0v) is 29.8. The molecular formula is C37H34F3N9O3S. The van der Waals surface area contributed by atoms with Crippen LogP contribution in [-0.2, 0) is 6.54 Å². The fourth-order valence-electron chi connectivity index (χ4n) is 7.37. The Morgan fingerprint density at radius 3 is 2.00 bits per heavy atom. The Hall–Kier alpha value is -5.19. The molecule has 2 saturated heterocycles. The summed E-state index contributed by atoms with van der Waals surface area (Å²) in [5.74, 6) is -1.16. The maximum Gasteiger partial charge on any atom is 0.253 e. The number of anilines is 2. The van der Waals surface area contributed by atoms with Gasteiger partial charge in [0.05, 0.1) is 26.9 Å². The van der Waals surface area contributed by atoms with Crippen LogP contribution in [-0.4, -0.2) is 106 Å². The molecule has 0 bridgehead atoms. The van der Waals surface area contributed by atoms with Crippen LogP contribution in [0, 0.1) is 17.5 Å². The predicted molar refractivity (Wildman–Crippen MR) is 198 cm³/mol. The Morgan fingerprint density at radius 2 is 1.32 bits per heavy atom. The molecule has 0 aliphatic carbocycles. The Labute approximate surface area is 305 Å². The van der Waals surface area contributed by atoms with Crippen molar-refractivity contribution in [2.75, 3.05) is 82.0 Å². The first-order chi connectivity index (χ1) is 25.6. The van der Waals surface area contributed by atoms with Crippen molar-refractivity contribution in [3.05, 3.63) is 86.7 Å². The van der Waals surface area contributed by atoms with Crippen molar-refractivity contribution in [2.45, 2.75) is 11.4 Å². The number of fused-ring (bicyclic) bond motifs is 1. The Morgan fingerprint density at radius 1 is 0.717 bits per heavy atom. The summed E-state index contributed by atoms with van der Waals surface area (Å²) in [6.45, 7) is 6.08. The first kappa shape index (κ1) is 33.6. The van der Waals surface area contributed by atoms with Gasteiger partial charge in [0.25, 0.3) is 11.8 Å². The van der Waals surface area contributed by atoms with Gasteiger partial charge in [0.2, 0.25) is 10.9 Å². The van der Waals surface area contributed by atoms with E-state index in [9.17, 15) is 14.0 Å². The normalized spacial score (nSPS) is 17.0. The summed E-state index contributed by atoms with van der Waals surface area (Å²) in [6.07, 6.45) is 3.09. The summed E-state index contributed by atoms with van der Waals surface area (Å²) in [5.41, 5.74) is 0.694. The number of rotatable bonds is 5. The summed E-state index contributed by atoms with van der Waals surface area (Å²) in [7, 11) is 4.03. The minimum atomic E-state index is -0.660. The Kier molecular flexibility index (Phi) is 8.27. The number of piperazine rings is 2. The molecule has 16 heteroatoms. The van der Waals surface area contributed by atoms with Crippen molar-refractivity contribution in [1.82, 2.24) is 34.1 Å². The van der Waals surface area contributed by atoms with Gasteiger partial charge in [-0.15, -0.1) is 22.0 Å². The van der Waals surface area contributed by atoms with E-state index >= 15 is 8.78 Å². The lowest BCUT2D eigenvalue weighted by Crippen LogP contribution is -2.45. The Bertz CT molecular complexity index is 2540. The lowest BCUT2D eigenvalue weighted by molar-refractivity contribution is 0.311. The molecule has 0 N–H and O–H groups in total. The average molecular weight is 742 g/mol. The first-order valence-corrected chi connectivity index (χ1v) is 18.4. The topological polar surface area (TPSA) is 109 Å². The highest BCUT2D eigenvalue weighted by atomic mass is 32.2. The van der Waals surface area contributed by atoms with Crippen molar-refractivity contribution >= 4 is 45.2 Å². The van der Waals surface area contributed by atoms with E-state index < -0.39 is 28.3 Å². The van der Waals surface area contributed by atoms with Crippen LogP contribution >= 0.6 is 11.8 Å². The number of nitrogens with zero attached hydrogens (tertiary/aromatic N) is 9. The highest BCUT2D eigenvalue weighted by Crippen LogP contribution is 2.42. The number of aromatic nitrogens is 5. The minimum absolute atomic E-state index is 0.0474. The third-order valence-electron chi connectivity index (χ3n) is 10.3. The van der Waals surface area contributed by atoms with E-state index in [1.165, 1.54) is 36.5 Å². The standard InChI is InChI=1S/C37H34F3N9O3S/c1-44-7-11-46(12-8-44)30-27(39)17-23-29-33(30)53-16-15-48(29)19-25(31(23)50)36-42-43-37(52-36)26-20-49(22-5-3-21(38)4-6-22)34-24(32(26)51)18-28(40)35(41-34)47-13-9-45(2)10-14-47/h3-6,17-20H,7-16H2,1-2H3. The summed E-state index contributed by atoms with van der Waals surface area (Å²) >= 11 is 1.54. The van der Waals surface area contributed by atoms with Crippen LogP contribution in [0.15, 0.2) is 67.7 Å². The highest BCUT2D eigenvalue weighted by molar-refractivity contribution is 7.99. The van der Waals surface area contributed by atoms with Crippen LogP contribution in [0.4, 0.5) is 24.7 Å². The molecule has 9 rings (SSSR count). The van der Waals surface area contributed by atoms with Gasteiger partial charge < -0.3 is 33.2 Å². The lowest BCUT2D eigenvalue weighted by Gasteiger charge is -2.36. The van der Waals surface area contributed by atoms with Gasteiger partial charge in [0, 0.05) is 82.7 Å². The molecule has 7 heterocycles. The molecule has 12 nitrogen and oxygen atoms in total. The lowest BCUT2D eigenvalue weighted by atomic mass is 10.1. The molecule has 0 amide bonds. The monoisotopic (exact) mass is 741 g/mol. The molecule has 0 unspecified atom stereocenters. The highest BCUT2D eigenvalue weighted by Gasteiger charge is 2.29. The van der Waals surface area contributed by atoms with Gasteiger partial charge in [-0.3, -0.25) is 9.59 Å². The van der Waals surface area contributed by atoms with Crippen molar-refractivity contribution in [3.8, 4) is 28.6 Å². The molecule has 0 spiro atoms. The maximum absolute atomic E-state index is 15.9. The number of halogens is 3. The average Bonchev–Trinajstić information content (AvgIpc) is 3.64. The fraction of sp³-hybridized carbons (Fsp3) is 0.324. The van der Waals surface area contributed by atoms with Gasteiger partial charge in [-0.1, -0.05) is 0 Å². The van der Waals surface area contributed by atoms with E-state index in [4.69, 9.17) is 4.42 Å². The number of hydrogen-bond donors (Lipinski definition) is 0. The molecule has 0 saturated carbocycles. The minimum Gasteiger partial charge on any atom is -0.416 e. The predicted octanol–water partition coefficient (Wildman–Crippen LogP) is 4.44. The molecule has 53 heavy (non-hydrogen) atoms. The number of pyridine rings is 3. The second-order valence-electron chi connectivity index (χ2n) is 13.7. The van der Waals surface area contributed by atoms with Gasteiger partial charge in [0.1, 0.15) is 22.8 Å². The zero-order chi connectivity index (χ0) is 36.5. The summed E-state index contributed by atoms with van der Waals surface area (Å²) in [4.78, 5) is 41.7. The van der Waals surface area contributed by atoms with Gasteiger partial charge >= 0.3 is 0 Å². The number of likely N-dealkylation sites (N-methyl/N-ethyl adjacent to an activating group) is 2. The number of hydrogen-bond acceptors (Lipinski definition) is 11. The van der Waals surface area contributed by atoms with Crippen LogP contribution in [0.2, 0.25) is 0 Å². The zero-order valence-electron chi connectivity index (χ0n) is 29.0. The van der Waals surface area contributed by atoms with Gasteiger partial charge in [-0.05, 0) is 50.5 Å². The molecule has 272 valence electrons. The molecule has 6 aromatic rings. The SMILES string of the molecule is CN1CCN(c2nc3c(cc2F)c(=O)c(-c2nnc(-c4cn5c6c(c(N7CCN(C)CC7)c(F)cc6c4=O)SCC5)o2)cn3-c2ccc(F)cc2)CC1. The molecule has 3 aliphatic rings.